The minimum Gasteiger partial charge on any atom is -0.505 e. The highest BCUT2D eigenvalue weighted by molar-refractivity contribution is 5.74. The van der Waals surface area contributed by atoms with E-state index in [-0.39, 0.29) is 5.69 Å². The number of fused-ring (bicyclic) bond motifs is 1. The molecule has 3 aromatic rings. The molecule has 0 amide bonds. The number of benzene rings is 1. The molecule has 0 aliphatic carbocycles. The zero-order valence-electron chi connectivity index (χ0n) is 9.80. The van der Waals surface area contributed by atoms with Crippen LogP contribution < -0.4 is 0 Å². The van der Waals surface area contributed by atoms with Gasteiger partial charge in [0.25, 0.3) is 0 Å². The number of phenols is 1. The molecule has 0 unspecified atom stereocenters. The average Bonchev–Trinajstić information content (AvgIpc) is 2.80. The second-order valence-corrected chi connectivity index (χ2v) is 4.01. The summed E-state index contributed by atoms with van der Waals surface area (Å²) in [4.78, 5) is 12.2. The SMILES string of the molecule is Cc1ncnc2c1ncn2-c1cc(O)c(F)c(F)c1. The van der Waals surface area contributed by atoms with Gasteiger partial charge in [-0.05, 0) is 6.92 Å². The van der Waals surface area contributed by atoms with Crippen LogP contribution in [0, 0.1) is 18.6 Å². The number of rotatable bonds is 1. The van der Waals surface area contributed by atoms with Gasteiger partial charge in [-0.3, -0.25) is 4.57 Å². The lowest BCUT2D eigenvalue weighted by atomic mass is 10.2. The summed E-state index contributed by atoms with van der Waals surface area (Å²) < 4.78 is 27.8. The first-order valence-electron chi connectivity index (χ1n) is 5.41. The van der Waals surface area contributed by atoms with Gasteiger partial charge in [-0.15, -0.1) is 0 Å². The Morgan fingerprint density at radius 3 is 2.68 bits per heavy atom. The van der Waals surface area contributed by atoms with Crippen LogP contribution in [0.15, 0.2) is 24.8 Å². The fourth-order valence-electron chi connectivity index (χ4n) is 1.84. The summed E-state index contributed by atoms with van der Waals surface area (Å²) in [5, 5.41) is 9.32. The fourth-order valence-corrected chi connectivity index (χ4v) is 1.84. The first-order chi connectivity index (χ1) is 9.08. The van der Waals surface area contributed by atoms with Crippen LogP contribution in [0.5, 0.6) is 5.75 Å². The van der Waals surface area contributed by atoms with Crippen molar-refractivity contribution in [3.63, 3.8) is 0 Å². The quantitative estimate of drug-likeness (QED) is 0.729. The highest BCUT2D eigenvalue weighted by Crippen LogP contribution is 2.25. The molecule has 1 N–H and O–H groups in total. The Morgan fingerprint density at radius 1 is 1.16 bits per heavy atom. The lowest BCUT2D eigenvalue weighted by Gasteiger charge is -2.05. The van der Waals surface area contributed by atoms with Crippen molar-refractivity contribution in [2.24, 2.45) is 0 Å². The predicted molar refractivity (Wildman–Crippen MR) is 63.0 cm³/mol. The first kappa shape index (κ1) is 11.5. The summed E-state index contributed by atoms with van der Waals surface area (Å²) >= 11 is 0. The summed E-state index contributed by atoms with van der Waals surface area (Å²) in [5.74, 6) is -3.18. The van der Waals surface area contributed by atoms with Gasteiger partial charge in [-0.2, -0.15) is 4.39 Å². The summed E-state index contributed by atoms with van der Waals surface area (Å²) in [7, 11) is 0. The van der Waals surface area contributed by atoms with Crippen molar-refractivity contribution in [3.05, 3.63) is 42.1 Å². The Morgan fingerprint density at radius 2 is 1.95 bits per heavy atom. The van der Waals surface area contributed by atoms with Crippen LogP contribution >= 0.6 is 0 Å². The molecule has 0 aliphatic heterocycles. The van der Waals surface area contributed by atoms with Gasteiger partial charge in [0.1, 0.15) is 18.2 Å². The molecule has 0 fully saturated rings. The maximum absolute atomic E-state index is 13.3. The van der Waals surface area contributed by atoms with Crippen molar-refractivity contribution in [2.45, 2.75) is 6.92 Å². The number of aromatic hydroxyl groups is 1. The molecule has 0 aliphatic rings. The standard InChI is InChI=1S/C12H8F2N4O/c1-6-11-12(16-4-15-6)18(5-17-11)7-2-8(13)10(14)9(19)3-7/h2-5,19H,1H3. The molecule has 2 heterocycles. The van der Waals surface area contributed by atoms with Crippen molar-refractivity contribution in [1.82, 2.24) is 19.5 Å². The molecule has 0 atom stereocenters. The van der Waals surface area contributed by atoms with Gasteiger partial charge >= 0.3 is 0 Å². The number of hydrogen-bond donors (Lipinski definition) is 1. The first-order valence-corrected chi connectivity index (χ1v) is 5.41. The Kier molecular flexibility index (Phi) is 2.41. The highest BCUT2D eigenvalue weighted by atomic mass is 19.2. The molecule has 0 saturated carbocycles. The third-order valence-electron chi connectivity index (χ3n) is 2.79. The molecular weight excluding hydrogens is 254 g/mol. The summed E-state index contributed by atoms with van der Waals surface area (Å²) in [6.45, 7) is 1.77. The number of aryl methyl sites for hydroxylation is 1. The molecule has 3 rings (SSSR count). The smallest absolute Gasteiger partial charge is 0.200 e. The lowest BCUT2D eigenvalue weighted by molar-refractivity contribution is 0.406. The average molecular weight is 262 g/mol. The van der Waals surface area contributed by atoms with Crippen LogP contribution in [0.1, 0.15) is 5.69 Å². The van der Waals surface area contributed by atoms with E-state index in [0.29, 0.717) is 16.9 Å². The van der Waals surface area contributed by atoms with Gasteiger partial charge in [-0.1, -0.05) is 0 Å². The molecule has 0 radical (unpaired) electrons. The summed E-state index contributed by atoms with van der Waals surface area (Å²) in [5.41, 5.74) is 1.93. The fraction of sp³-hybridized carbons (Fsp3) is 0.0833. The number of aromatic nitrogens is 4. The van der Waals surface area contributed by atoms with E-state index in [1.165, 1.54) is 17.2 Å². The van der Waals surface area contributed by atoms with Crippen molar-refractivity contribution in [2.75, 3.05) is 0 Å². The molecule has 19 heavy (non-hydrogen) atoms. The van der Waals surface area contributed by atoms with Crippen molar-refractivity contribution in [3.8, 4) is 11.4 Å². The van der Waals surface area contributed by atoms with Crippen LogP contribution in [0.25, 0.3) is 16.9 Å². The van der Waals surface area contributed by atoms with E-state index in [0.717, 1.165) is 12.1 Å². The van der Waals surface area contributed by atoms with E-state index in [1.54, 1.807) is 6.92 Å². The van der Waals surface area contributed by atoms with E-state index in [2.05, 4.69) is 15.0 Å². The number of hydrogen-bond acceptors (Lipinski definition) is 4. The van der Waals surface area contributed by atoms with Crippen LogP contribution in [-0.2, 0) is 0 Å². The van der Waals surface area contributed by atoms with E-state index >= 15 is 0 Å². The van der Waals surface area contributed by atoms with Gasteiger partial charge in [0.15, 0.2) is 23.0 Å². The van der Waals surface area contributed by atoms with Crippen molar-refractivity contribution >= 4 is 11.2 Å². The van der Waals surface area contributed by atoms with Gasteiger partial charge in [0.2, 0.25) is 0 Å². The van der Waals surface area contributed by atoms with E-state index in [9.17, 15) is 13.9 Å². The van der Waals surface area contributed by atoms with Gasteiger partial charge in [0, 0.05) is 12.1 Å². The number of imidazole rings is 1. The zero-order valence-corrected chi connectivity index (χ0v) is 9.80. The monoisotopic (exact) mass is 262 g/mol. The van der Waals surface area contributed by atoms with Crippen molar-refractivity contribution in [1.29, 1.82) is 0 Å². The largest absolute Gasteiger partial charge is 0.505 e. The molecule has 7 heteroatoms. The lowest BCUT2D eigenvalue weighted by Crippen LogP contribution is -1.97. The summed E-state index contributed by atoms with van der Waals surface area (Å²) in [6, 6.07) is 2.07. The van der Waals surface area contributed by atoms with Gasteiger partial charge < -0.3 is 5.11 Å². The Hall–Kier alpha value is -2.57. The second-order valence-electron chi connectivity index (χ2n) is 4.01. The maximum atomic E-state index is 13.3. The van der Waals surface area contributed by atoms with Crippen LogP contribution in [0.4, 0.5) is 8.78 Å². The van der Waals surface area contributed by atoms with E-state index in [1.807, 2.05) is 0 Å². The van der Waals surface area contributed by atoms with E-state index < -0.39 is 17.4 Å². The Bertz CT molecular complexity index is 761. The molecule has 0 spiro atoms. The number of halogens is 2. The van der Waals surface area contributed by atoms with Crippen molar-refractivity contribution < 1.29 is 13.9 Å². The molecule has 0 saturated heterocycles. The van der Waals surface area contributed by atoms with Gasteiger partial charge in [-0.25, -0.2) is 19.3 Å². The minimum absolute atomic E-state index is 0.233. The second kappa shape index (κ2) is 3.98. The molecular formula is C12H8F2N4O. The third-order valence-corrected chi connectivity index (χ3v) is 2.79. The molecule has 0 bridgehead atoms. The predicted octanol–water partition coefficient (Wildman–Crippen LogP) is 2.11. The number of phenolic OH excluding ortho intramolecular Hbond substituents is 1. The Labute approximate surface area is 106 Å². The molecule has 1 aromatic carbocycles. The minimum atomic E-state index is -1.28. The normalized spacial score (nSPS) is 11.1. The molecule has 2 aromatic heterocycles. The van der Waals surface area contributed by atoms with Crippen LogP contribution in [0.2, 0.25) is 0 Å². The third kappa shape index (κ3) is 1.70. The van der Waals surface area contributed by atoms with Crippen LogP contribution in [0.3, 0.4) is 0 Å². The van der Waals surface area contributed by atoms with Crippen LogP contribution in [-0.4, -0.2) is 24.6 Å². The Balaban J connectivity index is 2.28. The maximum Gasteiger partial charge on any atom is 0.200 e. The molecule has 5 nitrogen and oxygen atoms in total. The summed E-state index contributed by atoms with van der Waals surface area (Å²) in [6.07, 6.45) is 2.77. The molecule has 96 valence electrons. The van der Waals surface area contributed by atoms with E-state index in [4.69, 9.17) is 0 Å². The topological polar surface area (TPSA) is 63.8 Å². The zero-order chi connectivity index (χ0) is 13.6. The number of nitrogens with zero attached hydrogens (tertiary/aromatic N) is 4. The van der Waals surface area contributed by atoms with Gasteiger partial charge in [0.05, 0.1) is 11.4 Å². The highest BCUT2D eigenvalue weighted by Gasteiger charge is 2.14.